The summed E-state index contributed by atoms with van der Waals surface area (Å²) in [5, 5.41) is 4.99. The molecule has 6 nitrogen and oxygen atoms in total. The normalized spacial score (nSPS) is 16.5. The van der Waals surface area contributed by atoms with Gasteiger partial charge in [-0.05, 0) is 44.0 Å². The summed E-state index contributed by atoms with van der Waals surface area (Å²) in [5.74, 6) is -1.28. The highest BCUT2D eigenvalue weighted by atomic mass is 19.1. The monoisotopic (exact) mass is 367 g/mol. The number of rotatable bonds is 4. The molecule has 138 valence electrons. The van der Waals surface area contributed by atoms with Crippen molar-refractivity contribution in [2.75, 3.05) is 5.32 Å². The SMILES string of the molecule is C[C@H](c1ccccc1F)N(C(=O)Nc1ccc2c(c1)C(=O)NC2=O)C1CC1. The lowest BCUT2D eigenvalue weighted by atomic mass is 10.1. The highest BCUT2D eigenvalue weighted by molar-refractivity contribution is 6.22. The van der Waals surface area contributed by atoms with Gasteiger partial charge < -0.3 is 10.2 Å². The second kappa shape index (κ2) is 6.50. The Morgan fingerprint density at radius 1 is 1.15 bits per heavy atom. The molecule has 1 aliphatic carbocycles. The van der Waals surface area contributed by atoms with Crippen molar-refractivity contribution in [3.8, 4) is 0 Å². The van der Waals surface area contributed by atoms with Gasteiger partial charge in [-0.25, -0.2) is 9.18 Å². The van der Waals surface area contributed by atoms with Crippen LogP contribution in [0, 0.1) is 5.82 Å². The van der Waals surface area contributed by atoms with Crippen molar-refractivity contribution in [1.82, 2.24) is 10.2 Å². The Labute approximate surface area is 155 Å². The lowest BCUT2D eigenvalue weighted by Crippen LogP contribution is -2.39. The summed E-state index contributed by atoms with van der Waals surface area (Å²) in [6.07, 6.45) is 1.74. The Kier molecular flexibility index (Phi) is 4.14. The molecule has 27 heavy (non-hydrogen) atoms. The van der Waals surface area contributed by atoms with Crippen LogP contribution in [-0.4, -0.2) is 28.8 Å². The summed E-state index contributed by atoms with van der Waals surface area (Å²) in [7, 11) is 0. The number of hydrogen-bond donors (Lipinski definition) is 2. The quantitative estimate of drug-likeness (QED) is 0.812. The molecule has 2 aliphatic rings. The minimum Gasteiger partial charge on any atom is -0.315 e. The molecular formula is C20H18FN3O3. The van der Waals surface area contributed by atoms with E-state index in [0.717, 1.165) is 12.8 Å². The van der Waals surface area contributed by atoms with E-state index in [-0.39, 0.29) is 29.0 Å². The number of nitrogens with zero attached hydrogens (tertiary/aromatic N) is 1. The Morgan fingerprint density at radius 3 is 2.56 bits per heavy atom. The molecule has 1 atom stereocenters. The molecule has 1 heterocycles. The summed E-state index contributed by atoms with van der Waals surface area (Å²) < 4.78 is 14.2. The van der Waals surface area contributed by atoms with Gasteiger partial charge in [0.05, 0.1) is 17.2 Å². The number of carbonyl (C=O) groups excluding carboxylic acids is 3. The number of fused-ring (bicyclic) bond motifs is 1. The largest absolute Gasteiger partial charge is 0.322 e. The van der Waals surface area contributed by atoms with E-state index in [9.17, 15) is 18.8 Å². The lowest BCUT2D eigenvalue weighted by Gasteiger charge is -2.30. The van der Waals surface area contributed by atoms with E-state index in [1.54, 1.807) is 36.1 Å². The van der Waals surface area contributed by atoms with Crippen molar-refractivity contribution in [3.63, 3.8) is 0 Å². The third kappa shape index (κ3) is 3.16. The molecule has 2 aromatic carbocycles. The minimum absolute atomic E-state index is 0.0545. The minimum atomic E-state index is -0.482. The predicted molar refractivity (Wildman–Crippen MR) is 96.9 cm³/mol. The molecule has 0 unspecified atom stereocenters. The third-order valence-electron chi connectivity index (χ3n) is 4.93. The second-order valence-corrected chi connectivity index (χ2v) is 6.81. The number of halogens is 1. The van der Waals surface area contributed by atoms with Crippen molar-refractivity contribution in [3.05, 3.63) is 65.0 Å². The zero-order valence-electron chi connectivity index (χ0n) is 14.7. The van der Waals surface area contributed by atoms with E-state index in [2.05, 4.69) is 10.6 Å². The number of imide groups is 1. The fraction of sp³-hybridized carbons (Fsp3) is 0.250. The second-order valence-electron chi connectivity index (χ2n) is 6.81. The first-order chi connectivity index (χ1) is 13.0. The molecule has 0 aromatic heterocycles. The van der Waals surface area contributed by atoms with Crippen molar-refractivity contribution >= 4 is 23.5 Å². The van der Waals surface area contributed by atoms with Crippen LogP contribution in [0.1, 0.15) is 52.1 Å². The summed E-state index contributed by atoms with van der Waals surface area (Å²) in [5.41, 5.74) is 1.39. The van der Waals surface area contributed by atoms with Crippen LogP contribution in [0.15, 0.2) is 42.5 Å². The smallest absolute Gasteiger partial charge is 0.315 e. The van der Waals surface area contributed by atoms with E-state index < -0.39 is 17.9 Å². The van der Waals surface area contributed by atoms with Gasteiger partial charge in [-0.3, -0.25) is 14.9 Å². The highest BCUT2D eigenvalue weighted by Gasteiger charge is 2.37. The highest BCUT2D eigenvalue weighted by Crippen LogP contribution is 2.35. The Balaban J connectivity index is 1.57. The number of amides is 4. The number of anilines is 1. The van der Waals surface area contributed by atoms with Crippen molar-refractivity contribution in [1.29, 1.82) is 0 Å². The Bertz CT molecular complexity index is 955. The van der Waals surface area contributed by atoms with Gasteiger partial charge in [0.1, 0.15) is 5.82 Å². The van der Waals surface area contributed by atoms with Gasteiger partial charge >= 0.3 is 6.03 Å². The zero-order valence-corrected chi connectivity index (χ0v) is 14.7. The van der Waals surface area contributed by atoms with Gasteiger partial charge in [0.25, 0.3) is 11.8 Å². The first kappa shape index (κ1) is 17.2. The van der Waals surface area contributed by atoms with Crippen LogP contribution in [0.3, 0.4) is 0 Å². The molecule has 7 heteroatoms. The molecule has 1 saturated carbocycles. The maximum absolute atomic E-state index is 14.2. The maximum atomic E-state index is 14.2. The van der Waals surface area contributed by atoms with E-state index in [1.165, 1.54) is 18.2 Å². The van der Waals surface area contributed by atoms with Crippen LogP contribution in [0.5, 0.6) is 0 Å². The number of nitrogens with one attached hydrogen (secondary N) is 2. The van der Waals surface area contributed by atoms with E-state index in [1.807, 2.05) is 0 Å². The molecule has 0 radical (unpaired) electrons. The first-order valence-corrected chi connectivity index (χ1v) is 8.79. The number of carbonyl (C=O) groups is 3. The molecule has 0 bridgehead atoms. The average molecular weight is 367 g/mol. The van der Waals surface area contributed by atoms with Gasteiger partial charge in [0.15, 0.2) is 0 Å². The van der Waals surface area contributed by atoms with Crippen LogP contribution in [0.2, 0.25) is 0 Å². The first-order valence-electron chi connectivity index (χ1n) is 8.79. The molecule has 2 aromatic rings. The molecule has 1 aliphatic heterocycles. The molecule has 4 amide bonds. The van der Waals surface area contributed by atoms with Crippen LogP contribution in [-0.2, 0) is 0 Å². The zero-order chi connectivity index (χ0) is 19.1. The van der Waals surface area contributed by atoms with Crippen LogP contribution in [0.25, 0.3) is 0 Å². The van der Waals surface area contributed by atoms with Crippen LogP contribution < -0.4 is 10.6 Å². The fourth-order valence-corrected chi connectivity index (χ4v) is 3.41. The van der Waals surface area contributed by atoms with E-state index in [4.69, 9.17) is 0 Å². The van der Waals surface area contributed by atoms with Crippen molar-refractivity contribution < 1.29 is 18.8 Å². The number of benzene rings is 2. The standard InChI is InChI=1S/C20H18FN3O3/c1-11(14-4-2-3-5-17(14)21)24(13-7-8-13)20(27)22-12-6-9-15-16(10-12)19(26)23-18(15)25/h2-6,9-11,13H,7-8H2,1H3,(H,22,27)(H,23,25,26)/t11-/m1/s1. The lowest BCUT2D eigenvalue weighted by molar-refractivity contribution is 0.0879. The molecular weight excluding hydrogens is 349 g/mol. The van der Waals surface area contributed by atoms with Gasteiger partial charge in [-0.1, -0.05) is 18.2 Å². The third-order valence-corrected chi connectivity index (χ3v) is 4.93. The van der Waals surface area contributed by atoms with Gasteiger partial charge in [0, 0.05) is 17.3 Å². The van der Waals surface area contributed by atoms with Crippen molar-refractivity contribution in [2.24, 2.45) is 0 Å². The summed E-state index contributed by atoms with van der Waals surface area (Å²) in [6.45, 7) is 1.80. The summed E-state index contributed by atoms with van der Waals surface area (Å²) in [6, 6.07) is 10.2. The Hall–Kier alpha value is -3.22. The average Bonchev–Trinajstić information content (AvgIpc) is 3.42. The topological polar surface area (TPSA) is 78.5 Å². The van der Waals surface area contributed by atoms with Gasteiger partial charge in [-0.15, -0.1) is 0 Å². The van der Waals surface area contributed by atoms with Crippen LogP contribution >= 0.6 is 0 Å². The predicted octanol–water partition coefficient (Wildman–Crippen LogP) is 3.47. The van der Waals surface area contributed by atoms with Gasteiger partial charge in [-0.2, -0.15) is 0 Å². The van der Waals surface area contributed by atoms with Crippen molar-refractivity contribution in [2.45, 2.75) is 31.8 Å². The molecule has 2 N–H and O–H groups in total. The maximum Gasteiger partial charge on any atom is 0.322 e. The number of urea groups is 1. The van der Waals surface area contributed by atoms with Gasteiger partial charge in [0.2, 0.25) is 0 Å². The summed E-state index contributed by atoms with van der Waals surface area (Å²) in [4.78, 5) is 38.0. The molecule has 0 spiro atoms. The fourth-order valence-electron chi connectivity index (χ4n) is 3.41. The number of hydrogen-bond acceptors (Lipinski definition) is 3. The Morgan fingerprint density at radius 2 is 1.85 bits per heavy atom. The molecule has 1 fully saturated rings. The molecule has 4 rings (SSSR count). The molecule has 0 saturated heterocycles. The van der Waals surface area contributed by atoms with E-state index >= 15 is 0 Å². The van der Waals surface area contributed by atoms with E-state index in [0.29, 0.717) is 11.3 Å². The summed E-state index contributed by atoms with van der Waals surface area (Å²) >= 11 is 0. The van der Waals surface area contributed by atoms with Crippen LogP contribution in [0.4, 0.5) is 14.9 Å².